The SMILES string of the molecule is Nc1nc(N[C@@H]2C[C@@H](O)[C@@H](CO)O2)c(NC=O)c(=O)[nH]1. The molecule has 1 amide bonds. The molecular formula is C10H15N5O5. The first-order valence-corrected chi connectivity index (χ1v) is 5.86. The van der Waals surface area contributed by atoms with Crippen molar-refractivity contribution in [3.8, 4) is 0 Å². The molecule has 0 aromatic carbocycles. The number of aliphatic hydroxyl groups is 2. The molecule has 10 nitrogen and oxygen atoms in total. The normalized spacial score (nSPS) is 25.4. The minimum atomic E-state index is -0.834. The van der Waals surface area contributed by atoms with Crippen LogP contribution in [0.5, 0.6) is 0 Å². The fourth-order valence-electron chi connectivity index (χ4n) is 1.93. The third kappa shape index (κ3) is 2.87. The van der Waals surface area contributed by atoms with Gasteiger partial charge in [0.05, 0.1) is 12.7 Å². The molecule has 0 saturated carbocycles. The number of ether oxygens (including phenoxy) is 1. The van der Waals surface area contributed by atoms with Gasteiger partial charge in [-0.15, -0.1) is 0 Å². The Balaban J connectivity index is 2.21. The van der Waals surface area contributed by atoms with E-state index in [9.17, 15) is 14.7 Å². The lowest BCUT2D eigenvalue weighted by molar-refractivity contribution is -0.105. The molecule has 0 radical (unpaired) electrons. The molecule has 2 heterocycles. The van der Waals surface area contributed by atoms with Gasteiger partial charge < -0.3 is 31.3 Å². The average Bonchev–Trinajstić information content (AvgIpc) is 2.73. The van der Waals surface area contributed by atoms with Crippen LogP contribution in [0.1, 0.15) is 6.42 Å². The highest BCUT2D eigenvalue weighted by Gasteiger charge is 2.34. The molecule has 0 spiro atoms. The van der Waals surface area contributed by atoms with E-state index in [1.54, 1.807) is 0 Å². The number of carbonyl (C=O) groups is 1. The van der Waals surface area contributed by atoms with Crippen LogP contribution in [0.15, 0.2) is 4.79 Å². The molecule has 110 valence electrons. The number of anilines is 3. The van der Waals surface area contributed by atoms with E-state index in [0.717, 1.165) is 0 Å². The van der Waals surface area contributed by atoms with Gasteiger partial charge in [-0.2, -0.15) is 4.98 Å². The summed E-state index contributed by atoms with van der Waals surface area (Å²) in [5.74, 6) is -0.111. The Labute approximate surface area is 113 Å². The fraction of sp³-hybridized carbons (Fsp3) is 0.500. The van der Waals surface area contributed by atoms with E-state index >= 15 is 0 Å². The van der Waals surface area contributed by atoms with E-state index < -0.39 is 24.0 Å². The Kier molecular flexibility index (Phi) is 4.17. The molecule has 1 saturated heterocycles. The maximum absolute atomic E-state index is 11.6. The first kappa shape index (κ1) is 14.2. The topological polar surface area (TPSA) is 163 Å². The number of hydrogen-bond acceptors (Lipinski definition) is 8. The molecule has 7 N–H and O–H groups in total. The second-order valence-electron chi connectivity index (χ2n) is 4.23. The van der Waals surface area contributed by atoms with Crippen LogP contribution in [-0.2, 0) is 9.53 Å². The summed E-state index contributed by atoms with van der Waals surface area (Å²) in [6, 6.07) is 0. The van der Waals surface area contributed by atoms with Crippen molar-refractivity contribution >= 4 is 23.9 Å². The van der Waals surface area contributed by atoms with Gasteiger partial charge in [-0.3, -0.25) is 14.6 Å². The largest absolute Gasteiger partial charge is 0.394 e. The smallest absolute Gasteiger partial charge is 0.278 e. The third-order valence-electron chi connectivity index (χ3n) is 2.84. The van der Waals surface area contributed by atoms with Crippen LogP contribution in [0.3, 0.4) is 0 Å². The first-order chi connectivity index (χ1) is 9.55. The molecule has 0 unspecified atom stereocenters. The van der Waals surface area contributed by atoms with E-state index in [4.69, 9.17) is 15.6 Å². The summed E-state index contributed by atoms with van der Waals surface area (Å²) < 4.78 is 5.32. The minimum absolute atomic E-state index is 0.0224. The Morgan fingerprint density at radius 2 is 2.35 bits per heavy atom. The van der Waals surface area contributed by atoms with Crippen molar-refractivity contribution in [2.75, 3.05) is 23.0 Å². The van der Waals surface area contributed by atoms with E-state index in [1.807, 2.05) is 0 Å². The Morgan fingerprint density at radius 3 is 2.95 bits per heavy atom. The van der Waals surface area contributed by atoms with Gasteiger partial charge >= 0.3 is 0 Å². The highest BCUT2D eigenvalue weighted by Crippen LogP contribution is 2.23. The second kappa shape index (κ2) is 5.86. The van der Waals surface area contributed by atoms with Crippen molar-refractivity contribution in [2.24, 2.45) is 0 Å². The highest BCUT2D eigenvalue weighted by atomic mass is 16.5. The zero-order valence-electron chi connectivity index (χ0n) is 10.4. The van der Waals surface area contributed by atoms with Crippen LogP contribution < -0.4 is 21.9 Å². The van der Waals surface area contributed by atoms with Gasteiger partial charge in [0.2, 0.25) is 12.4 Å². The average molecular weight is 285 g/mol. The van der Waals surface area contributed by atoms with Crippen LogP contribution in [-0.4, -0.2) is 51.6 Å². The van der Waals surface area contributed by atoms with E-state index in [-0.39, 0.29) is 30.5 Å². The summed E-state index contributed by atoms with van der Waals surface area (Å²) >= 11 is 0. The number of rotatable bonds is 5. The molecule has 1 aromatic rings. The van der Waals surface area contributed by atoms with Crippen LogP contribution >= 0.6 is 0 Å². The Hall–Kier alpha value is -2.17. The van der Waals surface area contributed by atoms with Gasteiger partial charge in [0.1, 0.15) is 18.0 Å². The summed E-state index contributed by atoms with van der Waals surface area (Å²) in [6.07, 6.45) is -1.69. The Morgan fingerprint density at radius 1 is 1.60 bits per heavy atom. The van der Waals surface area contributed by atoms with Crippen LogP contribution in [0.25, 0.3) is 0 Å². The van der Waals surface area contributed by atoms with Crippen molar-refractivity contribution in [1.82, 2.24) is 9.97 Å². The van der Waals surface area contributed by atoms with Gasteiger partial charge in [-0.05, 0) is 0 Å². The lowest BCUT2D eigenvalue weighted by Crippen LogP contribution is -2.26. The summed E-state index contributed by atoms with van der Waals surface area (Å²) in [6.45, 7) is -0.330. The van der Waals surface area contributed by atoms with Crippen LogP contribution in [0, 0.1) is 0 Å². The van der Waals surface area contributed by atoms with Crippen molar-refractivity contribution in [3.63, 3.8) is 0 Å². The molecule has 1 aliphatic rings. The maximum atomic E-state index is 11.6. The van der Waals surface area contributed by atoms with Crippen molar-refractivity contribution in [3.05, 3.63) is 10.4 Å². The van der Waals surface area contributed by atoms with Gasteiger partial charge in [0.25, 0.3) is 5.56 Å². The summed E-state index contributed by atoms with van der Waals surface area (Å²) in [4.78, 5) is 28.2. The van der Waals surface area contributed by atoms with E-state index in [1.165, 1.54) is 0 Å². The molecule has 1 aromatic heterocycles. The zero-order chi connectivity index (χ0) is 14.7. The number of aliphatic hydroxyl groups excluding tert-OH is 2. The summed E-state index contributed by atoms with van der Waals surface area (Å²) in [5.41, 5.74) is 4.69. The van der Waals surface area contributed by atoms with Gasteiger partial charge in [-0.1, -0.05) is 0 Å². The molecule has 2 rings (SSSR count). The minimum Gasteiger partial charge on any atom is -0.394 e. The van der Waals surface area contributed by atoms with Crippen LogP contribution in [0.4, 0.5) is 17.5 Å². The number of hydrogen-bond donors (Lipinski definition) is 6. The highest BCUT2D eigenvalue weighted by molar-refractivity contribution is 5.78. The number of carbonyl (C=O) groups excluding carboxylic acids is 1. The Bertz CT molecular complexity index is 547. The molecule has 0 bridgehead atoms. The van der Waals surface area contributed by atoms with Crippen molar-refractivity contribution < 1.29 is 19.7 Å². The molecule has 1 aliphatic heterocycles. The lowest BCUT2D eigenvalue weighted by Gasteiger charge is -2.16. The summed E-state index contributed by atoms with van der Waals surface area (Å²) in [7, 11) is 0. The van der Waals surface area contributed by atoms with E-state index in [0.29, 0.717) is 6.41 Å². The third-order valence-corrected chi connectivity index (χ3v) is 2.84. The second-order valence-corrected chi connectivity index (χ2v) is 4.23. The van der Waals surface area contributed by atoms with Crippen molar-refractivity contribution in [1.29, 1.82) is 0 Å². The quantitative estimate of drug-likeness (QED) is 0.332. The number of nitrogens with one attached hydrogen (secondary N) is 3. The molecule has 0 aliphatic carbocycles. The van der Waals surface area contributed by atoms with Crippen molar-refractivity contribution in [2.45, 2.75) is 24.9 Å². The number of amides is 1. The predicted molar refractivity (Wildman–Crippen MR) is 69.0 cm³/mol. The standard InChI is InChI=1S/C10H15N5O5/c11-10-14-8(7(12-3-17)9(19)15-10)13-6-1-4(18)5(2-16)20-6/h3-6,16,18H,1-2H2,(H,12,17)(H4,11,13,14,15,19)/t4-,5-,6+/m1/s1. The van der Waals surface area contributed by atoms with Crippen LogP contribution in [0.2, 0.25) is 0 Å². The molecular weight excluding hydrogens is 270 g/mol. The predicted octanol–water partition coefficient (Wildman–Crippen LogP) is -2.20. The number of nitrogens with zero attached hydrogens (tertiary/aromatic N) is 1. The first-order valence-electron chi connectivity index (χ1n) is 5.86. The monoisotopic (exact) mass is 285 g/mol. The summed E-state index contributed by atoms with van der Waals surface area (Å²) in [5, 5.41) is 23.5. The zero-order valence-corrected chi connectivity index (χ0v) is 10.4. The number of aromatic nitrogens is 2. The fourth-order valence-corrected chi connectivity index (χ4v) is 1.93. The molecule has 10 heteroatoms. The van der Waals surface area contributed by atoms with Gasteiger partial charge in [0.15, 0.2) is 5.82 Å². The lowest BCUT2D eigenvalue weighted by atomic mass is 10.2. The molecule has 1 fully saturated rings. The van der Waals surface area contributed by atoms with Gasteiger partial charge in [-0.25, -0.2) is 0 Å². The molecule has 20 heavy (non-hydrogen) atoms. The van der Waals surface area contributed by atoms with Gasteiger partial charge in [0, 0.05) is 6.42 Å². The number of nitrogen functional groups attached to an aromatic ring is 1. The maximum Gasteiger partial charge on any atom is 0.278 e. The number of H-pyrrole nitrogens is 1. The van der Waals surface area contributed by atoms with E-state index in [2.05, 4.69) is 20.6 Å². The molecule has 3 atom stereocenters. The number of aromatic amines is 1. The number of nitrogens with two attached hydrogens (primary N) is 1.